The predicted molar refractivity (Wildman–Crippen MR) is 54.7 cm³/mol. The zero-order chi connectivity index (χ0) is 11.6. The molecule has 0 unspecified atom stereocenters. The lowest BCUT2D eigenvalue weighted by atomic mass is 10.1. The Labute approximate surface area is 87.5 Å². The predicted octanol–water partition coefficient (Wildman–Crippen LogP) is -0.0430. The molecule has 0 radical (unpaired) electrons. The first kappa shape index (κ1) is 11.2. The van der Waals surface area contributed by atoms with E-state index in [0.29, 0.717) is 11.4 Å². The second-order valence-corrected chi connectivity index (χ2v) is 3.20. The average Bonchev–Trinajstić information content (AvgIpc) is 2.45. The third-order valence-electron chi connectivity index (χ3n) is 2.22. The minimum atomic E-state index is -0.329. The van der Waals surface area contributed by atoms with E-state index in [1.54, 1.807) is 13.8 Å². The summed E-state index contributed by atoms with van der Waals surface area (Å²) in [7, 11) is 1.34. The van der Waals surface area contributed by atoms with Crippen LogP contribution in [0.2, 0.25) is 0 Å². The fourth-order valence-corrected chi connectivity index (χ4v) is 1.38. The highest BCUT2D eigenvalue weighted by molar-refractivity contribution is 5.78. The third kappa shape index (κ3) is 2.15. The van der Waals surface area contributed by atoms with Crippen LogP contribution in [-0.2, 0) is 16.0 Å². The van der Waals surface area contributed by atoms with Gasteiger partial charge in [-0.25, -0.2) is 4.68 Å². The number of rotatable bonds is 2. The zero-order valence-corrected chi connectivity index (χ0v) is 9.00. The van der Waals surface area contributed by atoms with E-state index in [0.717, 1.165) is 5.56 Å². The Bertz CT molecular complexity index is 408. The molecular formula is C9H14N4O2. The first-order valence-electron chi connectivity index (χ1n) is 4.43. The molecule has 1 aromatic rings. The highest BCUT2D eigenvalue weighted by Crippen LogP contribution is 2.13. The number of hydrogen-bond acceptors (Lipinski definition) is 4. The van der Waals surface area contributed by atoms with Crippen molar-refractivity contribution in [3.05, 3.63) is 17.0 Å². The molecule has 1 aromatic heterocycles. The fraction of sp³-hybridized carbons (Fsp3) is 0.444. The lowest BCUT2D eigenvalue weighted by Gasteiger charge is -2.01. The quantitative estimate of drug-likeness (QED) is 0.406. The molecule has 0 aliphatic heterocycles. The molecule has 15 heavy (non-hydrogen) atoms. The van der Waals surface area contributed by atoms with Gasteiger partial charge in [-0.15, -0.1) is 0 Å². The van der Waals surface area contributed by atoms with E-state index in [4.69, 9.17) is 11.1 Å². The highest BCUT2D eigenvalue weighted by atomic mass is 16.5. The number of hydrogen-bond donors (Lipinski definition) is 2. The SMILES string of the molecule is COC(=O)Cc1c(C)nn(C(=N)N)c1C. The van der Waals surface area contributed by atoms with Crippen LogP contribution >= 0.6 is 0 Å². The second-order valence-electron chi connectivity index (χ2n) is 3.20. The van der Waals surface area contributed by atoms with Crippen molar-refractivity contribution in [1.29, 1.82) is 5.41 Å². The number of aryl methyl sites for hydroxylation is 1. The number of nitrogens with one attached hydrogen (secondary N) is 1. The maximum absolute atomic E-state index is 11.1. The van der Waals surface area contributed by atoms with Gasteiger partial charge in [-0.2, -0.15) is 5.10 Å². The van der Waals surface area contributed by atoms with E-state index < -0.39 is 0 Å². The maximum atomic E-state index is 11.1. The molecule has 0 bridgehead atoms. The first-order chi connectivity index (χ1) is 6.97. The van der Waals surface area contributed by atoms with Gasteiger partial charge < -0.3 is 10.5 Å². The van der Waals surface area contributed by atoms with Crippen molar-refractivity contribution in [2.45, 2.75) is 20.3 Å². The van der Waals surface area contributed by atoms with E-state index in [1.807, 2.05) is 0 Å². The van der Waals surface area contributed by atoms with Crippen molar-refractivity contribution in [3.63, 3.8) is 0 Å². The summed E-state index contributed by atoms with van der Waals surface area (Å²) >= 11 is 0. The van der Waals surface area contributed by atoms with Crippen LogP contribution in [0.4, 0.5) is 0 Å². The Morgan fingerprint density at radius 2 is 2.20 bits per heavy atom. The minimum Gasteiger partial charge on any atom is -0.469 e. The zero-order valence-electron chi connectivity index (χ0n) is 9.00. The minimum absolute atomic E-state index is 0.154. The molecule has 0 aliphatic rings. The van der Waals surface area contributed by atoms with Gasteiger partial charge in [0.25, 0.3) is 0 Å². The summed E-state index contributed by atoms with van der Waals surface area (Å²) in [5, 5.41) is 11.3. The first-order valence-corrected chi connectivity index (χ1v) is 4.43. The Balaban J connectivity index is 3.08. The molecule has 1 heterocycles. The Morgan fingerprint density at radius 1 is 1.60 bits per heavy atom. The number of nitrogens with zero attached hydrogens (tertiary/aromatic N) is 2. The van der Waals surface area contributed by atoms with Crippen molar-refractivity contribution in [1.82, 2.24) is 9.78 Å². The molecule has 0 atom stereocenters. The molecular weight excluding hydrogens is 196 g/mol. The van der Waals surface area contributed by atoms with Gasteiger partial charge in [0.05, 0.1) is 19.2 Å². The number of esters is 1. The van der Waals surface area contributed by atoms with E-state index in [9.17, 15) is 4.79 Å². The van der Waals surface area contributed by atoms with Gasteiger partial charge >= 0.3 is 5.97 Å². The maximum Gasteiger partial charge on any atom is 0.310 e. The van der Waals surface area contributed by atoms with Crippen LogP contribution in [-0.4, -0.2) is 28.8 Å². The van der Waals surface area contributed by atoms with Gasteiger partial charge in [-0.05, 0) is 13.8 Å². The summed E-state index contributed by atoms with van der Waals surface area (Å²) in [5.74, 6) is -0.490. The standard InChI is InChI=1S/C9H14N4O2/c1-5-7(4-8(14)15-3)6(2)13(12-5)9(10)11/h4H2,1-3H3,(H3,10,11). The molecule has 6 nitrogen and oxygen atoms in total. The van der Waals surface area contributed by atoms with Gasteiger partial charge in [-0.1, -0.05) is 0 Å². The van der Waals surface area contributed by atoms with Crippen molar-refractivity contribution < 1.29 is 9.53 Å². The third-order valence-corrected chi connectivity index (χ3v) is 2.22. The van der Waals surface area contributed by atoms with Gasteiger partial charge in [0.15, 0.2) is 0 Å². The lowest BCUT2D eigenvalue weighted by molar-refractivity contribution is -0.139. The van der Waals surface area contributed by atoms with Crippen molar-refractivity contribution in [2.75, 3.05) is 7.11 Å². The molecule has 6 heteroatoms. The number of nitrogens with two attached hydrogens (primary N) is 1. The summed E-state index contributed by atoms with van der Waals surface area (Å²) in [6.07, 6.45) is 0.154. The van der Waals surface area contributed by atoms with Crippen molar-refractivity contribution >= 4 is 11.9 Å². The molecule has 0 fully saturated rings. The lowest BCUT2D eigenvalue weighted by Crippen LogP contribution is -2.23. The number of ether oxygens (including phenoxy) is 1. The van der Waals surface area contributed by atoms with Gasteiger partial charge in [-0.3, -0.25) is 10.2 Å². The summed E-state index contributed by atoms with van der Waals surface area (Å²) < 4.78 is 5.87. The number of aromatic nitrogens is 2. The molecule has 0 amide bonds. The van der Waals surface area contributed by atoms with E-state index in [2.05, 4.69) is 9.84 Å². The number of nitrogen functional groups attached to an aromatic ring is 1. The number of carbonyl (C=O) groups is 1. The summed E-state index contributed by atoms with van der Waals surface area (Å²) in [6, 6.07) is 0. The van der Waals surface area contributed by atoms with Crippen LogP contribution < -0.4 is 5.73 Å². The Hall–Kier alpha value is -1.85. The molecule has 0 aromatic carbocycles. The number of methoxy groups -OCH3 is 1. The van der Waals surface area contributed by atoms with Crippen LogP contribution in [0.25, 0.3) is 0 Å². The summed E-state index contributed by atoms with van der Waals surface area (Å²) in [4.78, 5) is 11.1. The van der Waals surface area contributed by atoms with Crippen molar-refractivity contribution in [3.8, 4) is 0 Å². The monoisotopic (exact) mass is 210 g/mol. The molecule has 3 N–H and O–H groups in total. The van der Waals surface area contributed by atoms with Crippen LogP contribution in [0, 0.1) is 19.3 Å². The number of carbonyl (C=O) groups excluding carboxylic acids is 1. The van der Waals surface area contributed by atoms with Crippen LogP contribution in [0.5, 0.6) is 0 Å². The Morgan fingerprint density at radius 3 is 2.60 bits per heavy atom. The Kier molecular flexibility index (Phi) is 3.08. The van der Waals surface area contributed by atoms with Crippen LogP contribution in [0.3, 0.4) is 0 Å². The molecule has 0 aliphatic carbocycles. The smallest absolute Gasteiger partial charge is 0.310 e. The van der Waals surface area contributed by atoms with E-state index >= 15 is 0 Å². The summed E-state index contributed by atoms with van der Waals surface area (Å²) in [6.45, 7) is 3.53. The fourth-order valence-electron chi connectivity index (χ4n) is 1.38. The van der Waals surface area contributed by atoms with Crippen molar-refractivity contribution in [2.24, 2.45) is 5.73 Å². The highest BCUT2D eigenvalue weighted by Gasteiger charge is 2.15. The second kappa shape index (κ2) is 4.12. The van der Waals surface area contributed by atoms with Gasteiger partial charge in [0.2, 0.25) is 5.96 Å². The molecule has 82 valence electrons. The molecule has 1 rings (SSSR count). The molecule has 0 saturated carbocycles. The van der Waals surface area contributed by atoms with E-state index in [-0.39, 0.29) is 18.3 Å². The molecule has 0 saturated heterocycles. The van der Waals surface area contributed by atoms with Crippen LogP contribution in [0.1, 0.15) is 17.0 Å². The molecule has 0 spiro atoms. The van der Waals surface area contributed by atoms with E-state index in [1.165, 1.54) is 11.8 Å². The van der Waals surface area contributed by atoms with Gasteiger partial charge in [0, 0.05) is 11.3 Å². The largest absolute Gasteiger partial charge is 0.469 e. The van der Waals surface area contributed by atoms with Crippen LogP contribution in [0.15, 0.2) is 0 Å². The normalized spacial score (nSPS) is 10.1. The van der Waals surface area contributed by atoms with Gasteiger partial charge in [0.1, 0.15) is 0 Å². The average molecular weight is 210 g/mol. The summed E-state index contributed by atoms with van der Waals surface area (Å²) in [5.41, 5.74) is 7.48. The topological polar surface area (TPSA) is 94.0 Å².